The number of fused-ring (bicyclic) bond motifs is 2. The van der Waals surface area contributed by atoms with Gasteiger partial charge in [0, 0.05) is 17.8 Å². The molecule has 0 spiro atoms. The number of hydrogen-bond donors (Lipinski definition) is 1. The van der Waals surface area contributed by atoms with Crippen molar-refractivity contribution in [2.24, 2.45) is 0 Å². The van der Waals surface area contributed by atoms with Gasteiger partial charge < -0.3 is 15.0 Å². The van der Waals surface area contributed by atoms with Crippen molar-refractivity contribution in [2.45, 2.75) is 44.8 Å². The van der Waals surface area contributed by atoms with Crippen LogP contribution in [0.5, 0.6) is 0 Å². The minimum Gasteiger partial charge on any atom is -0.366 e. The topological polar surface area (TPSA) is 71.5 Å². The fourth-order valence-corrected chi connectivity index (χ4v) is 5.39. The van der Waals surface area contributed by atoms with Gasteiger partial charge in [0.05, 0.1) is 29.3 Å². The van der Waals surface area contributed by atoms with Crippen LogP contribution in [0.4, 0.5) is 5.69 Å². The van der Waals surface area contributed by atoms with Crippen LogP contribution in [-0.4, -0.2) is 47.0 Å². The molecule has 0 unspecified atom stereocenters. The van der Waals surface area contributed by atoms with E-state index in [1.807, 2.05) is 35.2 Å². The Morgan fingerprint density at radius 1 is 1.23 bits per heavy atom. The van der Waals surface area contributed by atoms with Crippen LogP contribution in [-0.2, 0) is 14.3 Å². The summed E-state index contributed by atoms with van der Waals surface area (Å²) >= 11 is 1.66. The van der Waals surface area contributed by atoms with Crippen molar-refractivity contribution in [1.82, 2.24) is 9.88 Å². The molecule has 2 atom stereocenters. The van der Waals surface area contributed by atoms with Crippen LogP contribution in [0.15, 0.2) is 42.5 Å². The molecule has 6 nitrogen and oxygen atoms in total. The van der Waals surface area contributed by atoms with E-state index in [4.69, 9.17) is 9.72 Å². The van der Waals surface area contributed by atoms with Crippen molar-refractivity contribution in [3.63, 3.8) is 0 Å². The highest BCUT2D eigenvalue weighted by Gasteiger charge is 2.38. The van der Waals surface area contributed by atoms with E-state index < -0.39 is 6.10 Å². The number of ether oxygens (including phenoxy) is 1. The lowest BCUT2D eigenvalue weighted by molar-refractivity contribution is -0.163. The first kappa shape index (κ1) is 20.2. The van der Waals surface area contributed by atoms with E-state index in [1.54, 1.807) is 11.3 Å². The minimum atomic E-state index is -0.681. The Kier molecular flexibility index (Phi) is 5.46. The van der Waals surface area contributed by atoms with Crippen LogP contribution in [0.2, 0.25) is 0 Å². The summed E-state index contributed by atoms with van der Waals surface area (Å²) in [7, 11) is 0. The van der Waals surface area contributed by atoms with E-state index in [2.05, 4.69) is 24.4 Å². The van der Waals surface area contributed by atoms with Gasteiger partial charge >= 0.3 is 0 Å². The maximum Gasteiger partial charge on any atom is 0.252 e. The van der Waals surface area contributed by atoms with Crippen molar-refractivity contribution < 1.29 is 14.3 Å². The van der Waals surface area contributed by atoms with Gasteiger partial charge in [-0.2, -0.15) is 0 Å². The number of morpholine rings is 1. The number of thiazole rings is 1. The number of hydrogen-bond acceptors (Lipinski definition) is 5. The van der Waals surface area contributed by atoms with Crippen LogP contribution in [0.3, 0.4) is 0 Å². The summed E-state index contributed by atoms with van der Waals surface area (Å²) in [6.07, 6.45) is 2.52. The van der Waals surface area contributed by atoms with Crippen LogP contribution < -0.4 is 5.32 Å². The minimum absolute atomic E-state index is 0.0427. The van der Waals surface area contributed by atoms with Gasteiger partial charge in [0.1, 0.15) is 11.1 Å². The molecule has 0 aliphatic carbocycles. The molecule has 0 bridgehead atoms. The van der Waals surface area contributed by atoms with Gasteiger partial charge in [-0.3, -0.25) is 9.59 Å². The quantitative estimate of drug-likeness (QED) is 0.660. The van der Waals surface area contributed by atoms with Crippen molar-refractivity contribution in [1.29, 1.82) is 0 Å². The van der Waals surface area contributed by atoms with Crippen molar-refractivity contribution in [3.8, 4) is 10.6 Å². The molecule has 5 rings (SSSR count). The van der Waals surface area contributed by atoms with Crippen molar-refractivity contribution in [2.75, 3.05) is 18.5 Å². The molecule has 0 saturated carbocycles. The van der Waals surface area contributed by atoms with Gasteiger partial charge in [0.15, 0.2) is 0 Å². The highest BCUT2D eigenvalue weighted by molar-refractivity contribution is 7.21. The molecule has 1 aromatic heterocycles. The molecule has 2 fully saturated rings. The lowest BCUT2D eigenvalue weighted by Crippen LogP contribution is -2.56. The van der Waals surface area contributed by atoms with Gasteiger partial charge in [0.2, 0.25) is 5.91 Å². The zero-order valence-corrected chi connectivity index (χ0v) is 18.3. The number of carbonyl (C=O) groups excluding carboxylic acids is 2. The Bertz CT molecular complexity index is 1120. The molecule has 7 heteroatoms. The van der Waals surface area contributed by atoms with Crippen LogP contribution in [0, 0.1) is 6.92 Å². The normalized spacial score (nSPS) is 21.2. The predicted octanol–water partition coefficient (Wildman–Crippen LogP) is 4.38. The number of aromatic nitrogens is 1. The van der Waals surface area contributed by atoms with Gasteiger partial charge in [0.25, 0.3) is 5.91 Å². The zero-order valence-electron chi connectivity index (χ0n) is 17.5. The first-order valence-electron chi connectivity index (χ1n) is 10.8. The second-order valence-corrected chi connectivity index (χ2v) is 9.35. The Hall–Kier alpha value is -2.77. The highest BCUT2D eigenvalue weighted by Crippen LogP contribution is 2.31. The third kappa shape index (κ3) is 4.20. The monoisotopic (exact) mass is 435 g/mol. The van der Waals surface area contributed by atoms with E-state index in [1.165, 1.54) is 10.3 Å². The van der Waals surface area contributed by atoms with Crippen molar-refractivity contribution in [3.05, 3.63) is 48.0 Å². The van der Waals surface area contributed by atoms with Crippen LogP contribution >= 0.6 is 11.3 Å². The highest BCUT2D eigenvalue weighted by atomic mass is 32.1. The predicted molar refractivity (Wildman–Crippen MR) is 122 cm³/mol. The van der Waals surface area contributed by atoms with E-state index >= 15 is 0 Å². The van der Waals surface area contributed by atoms with Crippen LogP contribution in [0.25, 0.3) is 20.8 Å². The second-order valence-electron chi connectivity index (χ2n) is 8.32. The van der Waals surface area contributed by atoms with E-state index in [-0.39, 0.29) is 24.3 Å². The summed E-state index contributed by atoms with van der Waals surface area (Å²) < 4.78 is 6.89. The zero-order chi connectivity index (χ0) is 21.4. The summed E-state index contributed by atoms with van der Waals surface area (Å²) in [5, 5.41) is 3.84. The lowest BCUT2D eigenvalue weighted by Gasteiger charge is -2.41. The molecular formula is C24H25N3O3S. The number of piperidine rings is 1. The Morgan fingerprint density at radius 2 is 2.06 bits per heavy atom. The molecule has 3 heterocycles. The lowest BCUT2D eigenvalue weighted by atomic mass is 9.99. The average Bonchev–Trinajstić information content (AvgIpc) is 3.19. The van der Waals surface area contributed by atoms with E-state index in [9.17, 15) is 9.59 Å². The molecular weight excluding hydrogens is 410 g/mol. The second kappa shape index (κ2) is 8.40. The molecule has 160 valence electrons. The number of nitrogens with zero attached hydrogens (tertiary/aromatic N) is 2. The van der Waals surface area contributed by atoms with Gasteiger partial charge in [-0.25, -0.2) is 4.98 Å². The summed E-state index contributed by atoms with van der Waals surface area (Å²) in [5.74, 6) is -0.260. The number of benzene rings is 2. The molecule has 3 aromatic rings. The third-order valence-electron chi connectivity index (χ3n) is 6.01. The first-order valence-corrected chi connectivity index (χ1v) is 11.6. The van der Waals surface area contributed by atoms with Gasteiger partial charge in [-0.1, -0.05) is 6.07 Å². The maximum absolute atomic E-state index is 12.7. The third-order valence-corrected chi connectivity index (χ3v) is 7.07. The average molecular weight is 436 g/mol. The maximum atomic E-state index is 12.7. The summed E-state index contributed by atoms with van der Waals surface area (Å²) in [4.78, 5) is 31.8. The largest absolute Gasteiger partial charge is 0.366 e. The first-order chi connectivity index (χ1) is 15.1. The van der Waals surface area contributed by atoms with E-state index in [0.717, 1.165) is 41.9 Å². The Labute approximate surface area is 185 Å². The molecule has 2 amide bonds. The number of aryl methyl sites for hydroxylation is 1. The van der Waals surface area contributed by atoms with Gasteiger partial charge in [-0.15, -0.1) is 11.3 Å². The molecule has 0 radical (unpaired) electrons. The van der Waals surface area contributed by atoms with Gasteiger partial charge in [-0.05, 0) is 68.1 Å². The van der Waals surface area contributed by atoms with E-state index in [0.29, 0.717) is 12.3 Å². The number of amides is 2. The molecule has 2 aliphatic rings. The van der Waals surface area contributed by atoms with Crippen molar-refractivity contribution >= 4 is 39.1 Å². The molecule has 1 N–H and O–H groups in total. The fourth-order valence-electron chi connectivity index (χ4n) is 4.33. The number of carbonyl (C=O) groups is 2. The molecule has 2 aromatic carbocycles. The smallest absolute Gasteiger partial charge is 0.252 e. The number of rotatable bonds is 4. The Balaban J connectivity index is 1.22. The summed E-state index contributed by atoms with van der Waals surface area (Å²) in [6, 6.07) is 14.1. The Morgan fingerprint density at radius 3 is 2.90 bits per heavy atom. The SMILES string of the molecule is Cc1ccc2nc(-c3ccc(NC(=O)C[C@H]4OC[C@@H]5CCCCN5C4=O)cc3)sc2c1. The number of anilines is 1. The van der Waals surface area contributed by atoms with Crippen LogP contribution in [0.1, 0.15) is 31.2 Å². The summed E-state index contributed by atoms with van der Waals surface area (Å²) in [5.41, 5.74) is 3.93. The molecule has 2 saturated heterocycles. The summed E-state index contributed by atoms with van der Waals surface area (Å²) in [6.45, 7) is 3.38. The molecule has 31 heavy (non-hydrogen) atoms. The standard InChI is InChI=1S/C24H25N3O3S/c1-15-5-10-19-21(12-15)31-23(26-19)16-6-8-17(9-7-16)25-22(28)13-20-24(29)27-11-3-2-4-18(27)14-30-20/h5-10,12,18,20H,2-4,11,13-14H2,1H3,(H,25,28)/t18-,20+/m0/s1. The number of nitrogens with one attached hydrogen (secondary N) is 1. The fraction of sp³-hybridized carbons (Fsp3) is 0.375. The molecule has 2 aliphatic heterocycles.